The lowest BCUT2D eigenvalue weighted by molar-refractivity contribution is 0.0598. The molecule has 8 heteroatoms. The van der Waals surface area contributed by atoms with Crippen molar-refractivity contribution >= 4 is 23.4 Å². The van der Waals surface area contributed by atoms with E-state index in [1.54, 1.807) is 6.07 Å². The molecule has 2 aromatic heterocycles. The standard InChI is InChI=1S/C20H24N4O3S/c1-5-24(6-2)15-9-7-14(8-10-15)18-21-22-20(23(18)3)28-13-17-16(11-12-27-17)19(25)26-4/h7-12H,5-6,13H2,1-4H3. The number of methoxy groups -OCH3 is 1. The quantitative estimate of drug-likeness (QED) is 0.418. The van der Waals surface area contributed by atoms with Crippen LogP contribution < -0.4 is 4.90 Å². The third kappa shape index (κ3) is 4.06. The lowest BCUT2D eigenvalue weighted by Crippen LogP contribution is -2.21. The molecule has 2 heterocycles. The molecule has 0 fully saturated rings. The molecule has 0 amide bonds. The molecule has 0 radical (unpaired) electrons. The molecule has 0 aliphatic rings. The van der Waals surface area contributed by atoms with Gasteiger partial charge in [-0.15, -0.1) is 10.2 Å². The minimum absolute atomic E-state index is 0.406. The van der Waals surface area contributed by atoms with Crippen molar-refractivity contribution in [3.8, 4) is 11.4 Å². The summed E-state index contributed by atoms with van der Waals surface area (Å²) in [6.45, 7) is 6.24. The van der Waals surface area contributed by atoms with Crippen LogP contribution in [0.15, 0.2) is 46.2 Å². The molecule has 1 aromatic carbocycles. The fraction of sp³-hybridized carbons (Fsp3) is 0.350. The Hall–Kier alpha value is -2.74. The van der Waals surface area contributed by atoms with E-state index in [0.29, 0.717) is 17.1 Å². The smallest absolute Gasteiger partial charge is 0.341 e. The van der Waals surface area contributed by atoms with Gasteiger partial charge in [0.1, 0.15) is 11.3 Å². The predicted molar refractivity (Wildman–Crippen MR) is 110 cm³/mol. The van der Waals surface area contributed by atoms with Crippen molar-refractivity contribution in [2.75, 3.05) is 25.1 Å². The molecule has 0 unspecified atom stereocenters. The highest BCUT2D eigenvalue weighted by Crippen LogP contribution is 2.28. The van der Waals surface area contributed by atoms with Crippen molar-refractivity contribution in [3.63, 3.8) is 0 Å². The Bertz CT molecular complexity index is 929. The number of benzene rings is 1. The molecule has 0 aliphatic carbocycles. The second kappa shape index (κ2) is 8.97. The van der Waals surface area contributed by atoms with Gasteiger partial charge in [-0.2, -0.15) is 0 Å². The minimum atomic E-state index is -0.406. The zero-order valence-corrected chi connectivity index (χ0v) is 17.3. The fourth-order valence-electron chi connectivity index (χ4n) is 2.98. The molecule has 0 aliphatic heterocycles. The number of aromatic nitrogens is 3. The molecule has 7 nitrogen and oxygen atoms in total. The Labute approximate surface area is 168 Å². The number of ether oxygens (including phenoxy) is 1. The van der Waals surface area contributed by atoms with E-state index in [0.717, 1.165) is 29.6 Å². The second-order valence-electron chi connectivity index (χ2n) is 6.12. The Morgan fingerprint density at radius 2 is 1.89 bits per heavy atom. The van der Waals surface area contributed by atoms with Gasteiger partial charge in [-0.3, -0.25) is 0 Å². The summed E-state index contributed by atoms with van der Waals surface area (Å²) in [7, 11) is 3.28. The van der Waals surface area contributed by atoms with Gasteiger partial charge in [0.2, 0.25) is 0 Å². The van der Waals surface area contributed by atoms with Crippen molar-refractivity contribution in [1.82, 2.24) is 14.8 Å². The zero-order valence-electron chi connectivity index (χ0n) is 16.5. The first-order chi connectivity index (χ1) is 13.6. The lowest BCUT2D eigenvalue weighted by Gasteiger charge is -2.21. The van der Waals surface area contributed by atoms with Crippen molar-refractivity contribution in [2.45, 2.75) is 24.8 Å². The Morgan fingerprint density at radius 3 is 2.54 bits per heavy atom. The van der Waals surface area contributed by atoms with Gasteiger partial charge in [0.25, 0.3) is 0 Å². The summed E-state index contributed by atoms with van der Waals surface area (Å²) in [5, 5.41) is 9.36. The topological polar surface area (TPSA) is 73.4 Å². The van der Waals surface area contributed by atoms with Gasteiger partial charge in [0, 0.05) is 31.4 Å². The number of carbonyl (C=O) groups is 1. The van der Waals surface area contributed by atoms with Gasteiger partial charge < -0.3 is 18.6 Å². The normalized spacial score (nSPS) is 10.9. The molecule has 3 aromatic rings. The Kier molecular flexibility index (Phi) is 6.41. The first kappa shape index (κ1) is 20.0. The van der Waals surface area contributed by atoms with E-state index in [2.05, 4.69) is 53.2 Å². The maximum absolute atomic E-state index is 11.8. The first-order valence-corrected chi connectivity index (χ1v) is 10.1. The largest absolute Gasteiger partial charge is 0.468 e. The van der Waals surface area contributed by atoms with Gasteiger partial charge in [-0.1, -0.05) is 11.8 Å². The number of hydrogen-bond donors (Lipinski definition) is 0. The number of anilines is 1. The van der Waals surface area contributed by atoms with Crippen molar-refractivity contribution < 1.29 is 13.9 Å². The van der Waals surface area contributed by atoms with Crippen molar-refractivity contribution in [2.24, 2.45) is 7.05 Å². The van der Waals surface area contributed by atoms with E-state index >= 15 is 0 Å². The number of nitrogens with zero attached hydrogens (tertiary/aromatic N) is 4. The van der Waals surface area contributed by atoms with E-state index in [4.69, 9.17) is 9.15 Å². The van der Waals surface area contributed by atoms with Crippen LogP contribution in [0.4, 0.5) is 5.69 Å². The molecular formula is C20H24N4O3S. The summed E-state index contributed by atoms with van der Waals surface area (Å²) in [5.74, 6) is 1.41. The van der Waals surface area contributed by atoms with E-state index < -0.39 is 5.97 Å². The highest BCUT2D eigenvalue weighted by atomic mass is 32.2. The number of esters is 1. The number of furan rings is 1. The number of carbonyl (C=O) groups excluding carboxylic acids is 1. The van der Waals surface area contributed by atoms with Gasteiger partial charge >= 0.3 is 5.97 Å². The van der Waals surface area contributed by atoms with E-state index in [1.807, 2.05) is 11.6 Å². The Morgan fingerprint density at radius 1 is 1.18 bits per heavy atom. The van der Waals surface area contributed by atoms with E-state index in [1.165, 1.54) is 30.8 Å². The summed E-state index contributed by atoms with van der Waals surface area (Å²) in [6.07, 6.45) is 1.49. The molecule has 0 N–H and O–H groups in total. The lowest BCUT2D eigenvalue weighted by atomic mass is 10.2. The van der Waals surface area contributed by atoms with Crippen molar-refractivity contribution in [1.29, 1.82) is 0 Å². The van der Waals surface area contributed by atoms with Crippen LogP contribution in [0, 0.1) is 0 Å². The molecule has 0 saturated heterocycles. The summed E-state index contributed by atoms with van der Waals surface area (Å²) >= 11 is 1.46. The maximum atomic E-state index is 11.8. The number of rotatable bonds is 8. The van der Waals surface area contributed by atoms with Crippen LogP contribution in [0.5, 0.6) is 0 Å². The number of hydrogen-bond acceptors (Lipinski definition) is 7. The second-order valence-corrected chi connectivity index (χ2v) is 7.06. The molecule has 3 rings (SSSR count). The van der Waals surface area contributed by atoms with Crippen LogP contribution in [-0.4, -0.2) is 40.9 Å². The third-order valence-electron chi connectivity index (χ3n) is 4.57. The average Bonchev–Trinajstić information content (AvgIpc) is 3.34. The third-order valence-corrected chi connectivity index (χ3v) is 5.59. The molecule has 0 bridgehead atoms. The molecule has 0 spiro atoms. The summed E-state index contributed by atoms with van der Waals surface area (Å²) in [4.78, 5) is 14.0. The van der Waals surface area contributed by atoms with Gasteiger partial charge in [0.05, 0.1) is 19.1 Å². The molecular weight excluding hydrogens is 376 g/mol. The Balaban J connectivity index is 1.74. The predicted octanol–water partition coefficient (Wildman–Crippen LogP) is 4.00. The van der Waals surface area contributed by atoms with Crippen LogP contribution in [0.3, 0.4) is 0 Å². The van der Waals surface area contributed by atoms with Gasteiger partial charge in [0.15, 0.2) is 11.0 Å². The van der Waals surface area contributed by atoms with Crippen LogP contribution in [0.1, 0.15) is 30.0 Å². The van der Waals surface area contributed by atoms with Crippen LogP contribution in [-0.2, 0) is 17.5 Å². The summed E-state index contributed by atoms with van der Waals surface area (Å²) < 4.78 is 12.1. The zero-order chi connectivity index (χ0) is 20.1. The maximum Gasteiger partial charge on any atom is 0.341 e. The summed E-state index contributed by atoms with van der Waals surface area (Å²) in [6, 6.07) is 9.95. The highest BCUT2D eigenvalue weighted by molar-refractivity contribution is 7.98. The molecule has 148 valence electrons. The average molecular weight is 401 g/mol. The van der Waals surface area contributed by atoms with Gasteiger partial charge in [-0.25, -0.2) is 4.79 Å². The minimum Gasteiger partial charge on any atom is -0.468 e. The SMILES string of the molecule is CCN(CC)c1ccc(-c2nnc(SCc3occc3C(=O)OC)n2C)cc1. The fourth-order valence-corrected chi connectivity index (χ4v) is 3.84. The monoisotopic (exact) mass is 400 g/mol. The summed E-state index contributed by atoms with van der Waals surface area (Å²) in [5.41, 5.74) is 2.63. The van der Waals surface area contributed by atoms with Gasteiger partial charge in [-0.05, 0) is 44.2 Å². The van der Waals surface area contributed by atoms with E-state index in [-0.39, 0.29) is 0 Å². The molecule has 0 saturated carbocycles. The van der Waals surface area contributed by atoms with Crippen LogP contribution in [0.2, 0.25) is 0 Å². The van der Waals surface area contributed by atoms with Crippen LogP contribution in [0.25, 0.3) is 11.4 Å². The molecule has 28 heavy (non-hydrogen) atoms. The van der Waals surface area contributed by atoms with Crippen molar-refractivity contribution in [3.05, 3.63) is 47.9 Å². The first-order valence-electron chi connectivity index (χ1n) is 9.11. The highest BCUT2D eigenvalue weighted by Gasteiger charge is 2.17. The molecule has 0 atom stereocenters. The van der Waals surface area contributed by atoms with E-state index in [9.17, 15) is 4.79 Å². The van der Waals surface area contributed by atoms with Crippen LogP contribution >= 0.6 is 11.8 Å². The number of thioether (sulfide) groups is 1.